The fraction of sp³-hybridized carbons (Fsp3) is 0.385. The van der Waals surface area contributed by atoms with E-state index in [0.29, 0.717) is 25.1 Å². The summed E-state index contributed by atoms with van der Waals surface area (Å²) in [7, 11) is 0. The van der Waals surface area contributed by atoms with E-state index in [0.717, 1.165) is 5.56 Å². The van der Waals surface area contributed by atoms with Crippen molar-refractivity contribution in [1.29, 1.82) is 0 Å². The van der Waals surface area contributed by atoms with Gasteiger partial charge in [0.25, 0.3) is 0 Å². The summed E-state index contributed by atoms with van der Waals surface area (Å²) in [6, 6.07) is 7.27. The molecule has 1 aromatic carbocycles. The van der Waals surface area contributed by atoms with E-state index in [-0.39, 0.29) is 17.7 Å². The molecule has 1 aromatic rings. The topological polar surface area (TPSA) is 63.4 Å². The van der Waals surface area contributed by atoms with Gasteiger partial charge >= 0.3 is 0 Å². The summed E-state index contributed by atoms with van der Waals surface area (Å²) in [5.74, 6) is -0.0144. The second-order valence-corrected chi connectivity index (χ2v) is 4.63. The fourth-order valence-corrected chi connectivity index (χ4v) is 2.08. The molecule has 1 heterocycles. The van der Waals surface area contributed by atoms with Crippen LogP contribution in [0.2, 0.25) is 0 Å². The Morgan fingerprint density at radius 2 is 1.94 bits per heavy atom. The lowest BCUT2D eigenvalue weighted by atomic mass is 9.97. The second-order valence-electron chi connectivity index (χ2n) is 4.63. The van der Waals surface area contributed by atoms with Gasteiger partial charge in [-0.3, -0.25) is 14.5 Å². The molecule has 4 nitrogen and oxygen atoms in total. The van der Waals surface area contributed by atoms with Crippen molar-refractivity contribution < 1.29 is 9.59 Å². The maximum absolute atomic E-state index is 11.8. The molecule has 90 valence electrons. The number of nitrogens with two attached hydrogens (primary N) is 1. The Morgan fingerprint density at radius 3 is 2.53 bits per heavy atom. The van der Waals surface area contributed by atoms with E-state index in [1.807, 2.05) is 19.1 Å². The number of likely N-dealkylation sites (tertiary alicyclic amines) is 1. The normalized spacial score (nSPS) is 17.6. The smallest absolute Gasteiger partial charge is 0.229 e. The third kappa shape index (κ3) is 2.64. The van der Waals surface area contributed by atoms with Crippen LogP contribution in [0.4, 0.5) is 5.69 Å². The lowest BCUT2D eigenvalue weighted by molar-refractivity contribution is -0.150. The van der Waals surface area contributed by atoms with Gasteiger partial charge < -0.3 is 5.73 Å². The molecule has 17 heavy (non-hydrogen) atoms. The highest BCUT2D eigenvalue weighted by Gasteiger charge is 2.29. The van der Waals surface area contributed by atoms with Gasteiger partial charge in [0.1, 0.15) is 0 Å². The molecule has 0 radical (unpaired) electrons. The van der Waals surface area contributed by atoms with Crippen molar-refractivity contribution >= 4 is 17.5 Å². The number of imide groups is 1. The first-order chi connectivity index (χ1) is 8.06. The number of piperidine rings is 1. The molecular weight excluding hydrogens is 216 g/mol. The second kappa shape index (κ2) is 4.57. The van der Waals surface area contributed by atoms with Gasteiger partial charge in [-0.1, -0.05) is 19.1 Å². The lowest BCUT2D eigenvalue weighted by Crippen LogP contribution is -2.42. The summed E-state index contributed by atoms with van der Waals surface area (Å²) < 4.78 is 0. The molecule has 0 saturated carbocycles. The largest absolute Gasteiger partial charge is 0.399 e. The molecule has 0 aromatic heterocycles. The molecule has 1 fully saturated rings. The van der Waals surface area contributed by atoms with Gasteiger partial charge in [-0.25, -0.2) is 0 Å². The number of nitrogen functional groups attached to an aromatic ring is 1. The van der Waals surface area contributed by atoms with Gasteiger partial charge in [-0.2, -0.15) is 0 Å². The molecule has 0 spiro atoms. The maximum Gasteiger partial charge on any atom is 0.229 e. The van der Waals surface area contributed by atoms with Gasteiger partial charge in [0, 0.05) is 18.5 Å². The summed E-state index contributed by atoms with van der Waals surface area (Å²) in [5.41, 5.74) is 7.20. The number of hydrogen-bond acceptors (Lipinski definition) is 3. The number of anilines is 1. The van der Waals surface area contributed by atoms with Gasteiger partial charge in [0.05, 0.1) is 6.54 Å². The Labute approximate surface area is 100 Å². The van der Waals surface area contributed by atoms with Crippen molar-refractivity contribution in [3.05, 3.63) is 29.8 Å². The van der Waals surface area contributed by atoms with Gasteiger partial charge in [0.15, 0.2) is 0 Å². The van der Waals surface area contributed by atoms with E-state index in [2.05, 4.69) is 0 Å². The summed E-state index contributed by atoms with van der Waals surface area (Å²) in [6.45, 7) is 2.25. The predicted molar refractivity (Wildman–Crippen MR) is 64.8 cm³/mol. The molecule has 0 aliphatic carbocycles. The third-order valence-electron chi connectivity index (χ3n) is 2.94. The lowest BCUT2D eigenvalue weighted by Gasteiger charge is -2.28. The molecule has 4 heteroatoms. The number of rotatable bonds is 2. The molecule has 2 N–H and O–H groups in total. The zero-order chi connectivity index (χ0) is 12.4. The average molecular weight is 232 g/mol. The summed E-state index contributed by atoms with van der Waals surface area (Å²) in [4.78, 5) is 24.9. The first-order valence-electron chi connectivity index (χ1n) is 5.74. The highest BCUT2D eigenvalue weighted by molar-refractivity contribution is 5.97. The van der Waals surface area contributed by atoms with E-state index >= 15 is 0 Å². The van der Waals surface area contributed by atoms with Crippen LogP contribution in [-0.2, 0) is 16.1 Å². The van der Waals surface area contributed by atoms with E-state index in [1.165, 1.54) is 4.90 Å². The summed E-state index contributed by atoms with van der Waals surface area (Å²) in [5, 5.41) is 0. The van der Waals surface area contributed by atoms with Crippen molar-refractivity contribution in [2.75, 3.05) is 5.73 Å². The Kier molecular flexibility index (Phi) is 3.13. The van der Waals surface area contributed by atoms with E-state index < -0.39 is 0 Å². The predicted octanol–water partition coefficient (Wildman–Crippen LogP) is 1.55. The van der Waals surface area contributed by atoms with E-state index in [1.54, 1.807) is 12.1 Å². The van der Waals surface area contributed by atoms with Crippen molar-refractivity contribution in [2.24, 2.45) is 5.92 Å². The van der Waals surface area contributed by atoms with Crippen molar-refractivity contribution in [3.63, 3.8) is 0 Å². The molecule has 1 aliphatic rings. The van der Waals surface area contributed by atoms with Gasteiger partial charge in [-0.05, 0) is 23.6 Å². The van der Waals surface area contributed by atoms with Crippen molar-refractivity contribution in [1.82, 2.24) is 4.90 Å². The van der Waals surface area contributed by atoms with Crippen LogP contribution in [0.1, 0.15) is 25.3 Å². The third-order valence-corrected chi connectivity index (χ3v) is 2.94. The van der Waals surface area contributed by atoms with Crippen LogP contribution in [-0.4, -0.2) is 16.7 Å². The first-order valence-corrected chi connectivity index (χ1v) is 5.74. The number of amides is 2. The Bertz CT molecular complexity index is 438. The maximum atomic E-state index is 11.8. The van der Waals surface area contributed by atoms with Crippen LogP contribution >= 0.6 is 0 Å². The minimum absolute atomic E-state index is 0.0869. The monoisotopic (exact) mass is 232 g/mol. The van der Waals surface area contributed by atoms with E-state index in [9.17, 15) is 9.59 Å². The van der Waals surface area contributed by atoms with Crippen LogP contribution in [0.25, 0.3) is 0 Å². The Morgan fingerprint density at radius 1 is 1.29 bits per heavy atom. The van der Waals surface area contributed by atoms with Crippen molar-refractivity contribution in [3.8, 4) is 0 Å². The molecule has 0 unspecified atom stereocenters. The highest BCUT2D eigenvalue weighted by atomic mass is 16.2. The minimum atomic E-state index is -0.0869. The fourth-order valence-electron chi connectivity index (χ4n) is 2.08. The number of benzene rings is 1. The molecule has 1 saturated heterocycles. The van der Waals surface area contributed by atoms with Crippen LogP contribution in [0.15, 0.2) is 24.3 Å². The van der Waals surface area contributed by atoms with Gasteiger partial charge in [0.2, 0.25) is 11.8 Å². The quantitative estimate of drug-likeness (QED) is 0.621. The molecule has 2 amide bonds. The first kappa shape index (κ1) is 11.6. The zero-order valence-corrected chi connectivity index (χ0v) is 9.85. The van der Waals surface area contributed by atoms with Crippen LogP contribution in [0.3, 0.4) is 0 Å². The standard InChI is InChI=1S/C13H16N2O2/c1-9-5-12(16)15(13(17)6-9)8-10-3-2-4-11(14)7-10/h2-4,7,9H,5-6,8,14H2,1H3. The molecule has 0 atom stereocenters. The van der Waals surface area contributed by atoms with Crippen LogP contribution in [0, 0.1) is 5.92 Å². The molecular formula is C13H16N2O2. The van der Waals surface area contributed by atoms with Gasteiger partial charge in [-0.15, -0.1) is 0 Å². The number of hydrogen-bond donors (Lipinski definition) is 1. The zero-order valence-electron chi connectivity index (χ0n) is 9.85. The van der Waals surface area contributed by atoms with Crippen LogP contribution in [0.5, 0.6) is 0 Å². The van der Waals surface area contributed by atoms with Crippen LogP contribution < -0.4 is 5.73 Å². The molecule has 0 bridgehead atoms. The summed E-state index contributed by atoms with van der Waals surface area (Å²) >= 11 is 0. The SMILES string of the molecule is CC1CC(=O)N(Cc2cccc(N)c2)C(=O)C1. The highest BCUT2D eigenvalue weighted by Crippen LogP contribution is 2.21. The number of carbonyl (C=O) groups excluding carboxylic acids is 2. The minimum Gasteiger partial charge on any atom is -0.399 e. The molecule has 2 rings (SSSR count). The average Bonchev–Trinajstić information content (AvgIpc) is 2.23. The number of carbonyl (C=O) groups is 2. The summed E-state index contributed by atoms with van der Waals surface area (Å²) in [6.07, 6.45) is 0.905. The number of nitrogens with zero attached hydrogens (tertiary/aromatic N) is 1. The molecule has 1 aliphatic heterocycles. The van der Waals surface area contributed by atoms with E-state index in [4.69, 9.17) is 5.73 Å². The Hall–Kier alpha value is -1.84. The van der Waals surface area contributed by atoms with Crippen molar-refractivity contribution in [2.45, 2.75) is 26.3 Å². The Balaban J connectivity index is 2.13.